The van der Waals surface area contributed by atoms with Crippen molar-refractivity contribution in [3.05, 3.63) is 65.7 Å². The van der Waals surface area contributed by atoms with Crippen molar-refractivity contribution in [2.24, 2.45) is 5.92 Å². The number of hydrogen-bond acceptors (Lipinski definition) is 5. The van der Waals surface area contributed by atoms with Gasteiger partial charge in [-0.3, -0.25) is 14.5 Å². The van der Waals surface area contributed by atoms with Gasteiger partial charge in [0.25, 0.3) is 5.91 Å². The van der Waals surface area contributed by atoms with E-state index in [4.69, 9.17) is 5.26 Å². The second kappa shape index (κ2) is 13.3. The largest absolute Gasteiger partial charge is 0.341 e. The van der Waals surface area contributed by atoms with Crippen LogP contribution in [-0.4, -0.2) is 66.4 Å². The lowest BCUT2D eigenvalue weighted by atomic mass is 10.0. The van der Waals surface area contributed by atoms with Crippen molar-refractivity contribution in [1.82, 2.24) is 20.4 Å². The van der Waals surface area contributed by atoms with E-state index in [0.717, 1.165) is 19.6 Å². The van der Waals surface area contributed by atoms with Gasteiger partial charge in [0, 0.05) is 44.0 Å². The predicted octanol–water partition coefficient (Wildman–Crippen LogP) is 2.82. The van der Waals surface area contributed by atoms with Gasteiger partial charge in [-0.05, 0) is 42.2 Å². The molecule has 1 saturated heterocycles. The first-order valence-corrected chi connectivity index (χ1v) is 12.2. The number of urea groups is 1. The van der Waals surface area contributed by atoms with Crippen LogP contribution >= 0.6 is 0 Å². The van der Waals surface area contributed by atoms with E-state index < -0.39 is 6.04 Å². The van der Waals surface area contributed by atoms with Crippen LogP contribution in [0, 0.1) is 17.2 Å². The van der Waals surface area contributed by atoms with E-state index in [1.165, 1.54) is 5.56 Å². The van der Waals surface area contributed by atoms with Crippen molar-refractivity contribution < 1.29 is 14.4 Å². The van der Waals surface area contributed by atoms with Crippen LogP contribution in [0.3, 0.4) is 0 Å². The van der Waals surface area contributed by atoms with Gasteiger partial charge in [-0.25, -0.2) is 4.79 Å². The second-order valence-corrected chi connectivity index (χ2v) is 9.29. The Bertz CT molecular complexity index is 1060. The molecule has 1 heterocycles. The predicted molar refractivity (Wildman–Crippen MR) is 138 cm³/mol. The number of benzene rings is 2. The van der Waals surface area contributed by atoms with Gasteiger partial charge in [-0.2, -0.15) is 5.26 Å². The average Bonchev–Trinajstić information content (AvgIpc) is 2.88. The molecule has 0 aliphatic carbocycles. The van der Waals surface area contributed by atoms with Crippen LogP contribution in [0.5, 0.6) is 0 Å². The van der Waals surface area contributed by atoms with Gasteiger partial charge in [0.1, 0.15) is 12.6 Å². The van der Waals surface area contributed by atoms with E-state index in [1.54, 1.807) is 29.2 Å². The van der Waals surface area contributed by atoms with E-state index >= 15 is 0 Å². The van der Waals surface area contributed by atoms with E-state index in [0.29, 0.717) is 30.8 Å². The van der Waals surface area contributed by atoms with Crippen molar-refractivity contribution in [1.29, 1.82) is 5.26 Å². The molecule has 4 amide bonds. The zero-order valence-electron chi connectivity index (χ0n) is 20.9. The van der Waals surface area contributed by atoms with Crippen LogP contribution < -0.4 is 16.0 Å². The molecule has 2 aromatic rings. The number of amides is 4. The smallest absolute Gasteiger partial charge is 0.321 e. The van der Waals surface area contributed by atoms with E-state index in [-0.39, 0.29) is 30.3 Å². The maximum atomic E-state index is 12.7. The quantitative estimate of drug-likeness (QED) is 0.467. The summed E-state index contributed by atoms with van der Waals surface area (Å²) in [5.41, 5.74) is 2.23. The van der Waals surface area contributed by atoms with E-state index in [1.807, 2.05) is 38.1 Å². The first kappa shape index (κ1) is 26.7. The summed E-state index contributed by atoms with van der Waals surface area (Å²) in [5.74, 6) is -0.590. The van der Waals surface area contributed by atoms with Crippen LogP contribution in [-0.2, 0) is 11.3 Å². The summed E-state index contributed by atoms with van der Waals surface area (Å²) in [6.07, 6.45) is 0.454. The number of rotatable bonds is 9. The minimum Gasteiger partial charge on any atom is -0.341 e. The normalized spacial score (nSPS) is 14.6. The number of nitrogens with one attached hydrogen (secondary N) is 3. The summed E-state index contributed by atoms with van der Waals surface area (Å²) in [5, 5.41) is 16.8. The number of hydrogen-bond donors (Lipinski definition) is 3. The minimum atomic E-state index is -0.731. The Morgan fingerprint density at radius 2 is 1.64 bits per heavy atom. The molecule has 1 aliphatic heterocycles. The molecule has 1 fully saturated rings. The fourth-order valence-corrected chi connectivity index (χ4v) is 4.05. The first-order chi connectivity index (χ1) is 17.4. The minimum absolute atomic E-state index is 0.111. The van der Waals surface area contributed by atoms with Crippen molar-refractivity contribution in [3.63, 3.8) is 0 Å². The maximum absolute atomic E-state index is 12.7. The molecular formula is C27H34N6O3. The molecule has 36 heavy (non-hydrogen) atoms. The number of piperazine rings is 1. The fraction of sp³-hybridized carbons (Fsp3) is 0.407. The summed E-state index contributed by atoms with van der Waals surface area (Å²) >= 11 is 0. The van der Waals surface area contributed by atoms with Crippen LogP contribution in [0.4, 0.5) is 10.5 Å². The number of carbonyl (C=O) groups is 3. The molecule has 1 atom stereocenters. The van der Waals surface area contributed by atoms with Gasteiger partial charge >= 0.3 is 6.03 Å². The van der Waals surface area contributed by atoms with Gasteiger partial charge in [0.2, 0.25) is 5.91 Å². The number of carbonyl (C=O) groups excluding carboxylic acids is 3. The third-order valence-electron chi connectivity index (χ3n) is 5.98. The monoisotopic (exact) mass is 490 g/mol. The molecule has 0 spiro atoms. The molecule has 1 aliphatic rings. The Balaban J connectivity index is 1.49. The summed E-state index contributed by atoms with van der Waals surface area (Å²) in [4.78, 5) is 41.8. The Hall–Kier alpha value is -3.90. The molecule has 0 unspecified atom stereocenters. The summed E-state index contributed by atoms with van der Waals surface area (Å²) < 4.78 is 0. The molecule has 3 N–H and O–H groups in total. The third kappa shape index (κ3) is 8.10. The van der Waals surface area contributed by atoms with Crippen molar-refractivity contribution in [2.45, 2.75) is 32.9 Å². The van der Waals surface area contributed by atoms with Gasteiger partial charge < -0.3 is 20.9 Å². The van der Waals surface area contributed by atoms with Crippen molar-refractivity contribution in [2.75, 3.05) is 38.0 Å². The zero-order valence-corrected chi connectivity index (χ0v) is 20.9. The molecule has 9 heteroatoms. The summed E-state index contributed by atoms with van der Waals surface area (Å²) in [6.45, 7) is 7.57. The van der Waals surface area contributed by atoms with Gasteiger partial charge in [0.15, 0.2) is 0 Å². The Morgan fingerprint density at radius 3 is 2.25 bits per heavy atom. The highest BCUT2D eigenvalue weighted by Crippen LogP contribution is 2.14. The molecule has 0 bridgehead atoms. The molecule has 0 saturated carbocycles. The highest BCUT2D eigenvalue weighted by molar-refractivity contribution is 5.98. The Morgan fingerprint density at radius 1 is 0.972 bits per heavy atom. The van der Waals surface area contributed by atoms with E-state index in [9.17, 15) is 14.4 Å². The van der Waals surface area contributed by atoms with Crippen molar-refractivity contribution in [3.8, 4) is 6.07 Å². The van der Waals surface area contributed by atoms with Gasteiger partial charge in [-0.15, -0.1) is 0 Å². The lowest BCUT2D eigenvalue weighted by molar-refractivity contribution is -0.123. The molecular weight excluding hydrogens is 456 g/mol. The first-order valence-electron chi connectivity index (χ1n) is 12.2. The molecule has 0 aromatic heterocycles. The fourth-order valence-electron chi connectivity index (χ4n) is 4.05. The van der Waals surface area contributed by atoms with Crippen LogP contribution in [0.25, 0.3) is 0 Å². The molecule has 190 valence electrons. The van der Waals surface area contributed by atoms with Gasteiger partial charge in [-0.1, -0.05) is 44.2 Å². The van der Waals surface area contributed by atoms with Crippen molar-refractivity contribution >= 4 is 23.5 Å². The standard InChI is InChI=1S/C27H34N6O3/c1-20(2)18-24(26(35)29-13-12-28)31-25(34)22-8-10-23(11-9-22)30-27(36)33-16-14-32(15-17-33)19-21-6-4-3-5-7-21/h3-11,20,24H,13-19H2,1-2H3,(H,29,35)(H,30,36)(H,31,34)/t24-/m0/s1. The lowest BCUT2D eigenvalue weighted by Gasteiger charge is -2.34. The summed E-state index contributed by atoms with van der Waals surface area (Å²) in [6, 6.07) is 17.8. The third-order valence-corrected chi connectivity index (χ3v) is 5.98. The van der Waals surface area contributed by atoms with E-state index in [2.05, 4.69) is 33.0 Å². The Labute approximate surface area is 212 Å². The Kier molecular flexibility index (Phi) is 9.83. The highest BCUT2D eigenvalue weighted by atomic mass is 16.2. The second-order valence-electron chi connectivity index (χ2n) is 9.29. The van der Waals surface area contributed by atoms with Crippen LogP contribution in [0.15, 0.2) is 54.6 Å². The molecule has 9 nitrogen and oxygen atoms in total. The summed E-state index contributed by atoms with van der Waals surface area (Å²) in [7, 11) is 0. The molecule has 3 rings (SSSR count). The molecule has 0 radical (unpaired) electrons. The van der Waals surface area contributed by atoms with Crippen LogP contribution in [0.1, 0.15) is 36.2 Å². The average molecular weight is 491 g/mol. The van der Waals surface area contributed by atoms with Crippen LogP contribution in [0.2, 0.25) is 0 Å². The zero-order chi connectivity index (χ0) is 25.9. The highest BCUT2D eigenvalue weighted by Gasteiger charge is 2.23. The topological polar surface area (TPSA) is 118 Å². The van der Waals surface area contributed by atoms with Gasteiger partial charge in [0.05, 0.1) is 6.07 Å². The lowest BCUT2D eigenvalue weighted by Crippen LogP contribution is -2.49. The number of anilines is 1. The number of nitriles is 1. The maximum Gasteiger partial charge on any atom is 0.321 e. The molecule has 2 aromatic carbocycles. The SMILES string of the molecule is CC(C)C[C@H](NC(=O)c1ccc(NC(=O)N2CCN(Cc3ccccc3)CC2)cc1)C(=O)NCC#N. The number of nitrogens with zero attached hydrogens (tertiary/aromatic N) is 3.